The first-order chi connectivity index (χ1) is 29.6. The molecule has 0 spiro atoms. The maximum atomic E-state index is 11.0. The summed E-state index contributed by atoms with van der Waals surface area (Å²) < 4.78 is 2.29. The molecule has 0 unspecified atom stereocenters. The van der Waals surface area contributed by atoms with Crippen molar-refractivity contribution in [1.29, 1.82) is 0 Å². The molecule has 1 N–H and O–H groups in total. The van der Waals surface area contributed by atoms with Crippen LogP contribution in [0.15, 0.2) is 97.1 Å². The summed E-state index contributed by atoms with van der Waals surface area (Å²) in [5.41, 5.74) is 28.7. The number of benzene rings is 8. The fourth-order valence-corrected chi connectivity index (χ4v) is 11.7. The summed E-state index contributed by atoms with van der Waals surface area (Å²) in [6.07, 6.45) is 0. The molecule has 0 saturated heterocycles. The molecule has 0 amide bonds. The van der Waals surface area contributed by atoms with Gasteiger partial charge >= 0.3 is 0 Å². The Hall–Kier alpha value is -5.80. The Labute approximate surface area is 374 Å². The van der Waals surface area contributed by atoms with Gasteiger partial charge in [-0.05, 0) is 90.7 Å². The van der Waals surface area contributed by atoms with E-state index in [1.807, 2.05) is 14.8 Å². The van der Waals surface area contributed by atoms with Crippen molar-refractivity contribution in [3.63, 3.8) is 0 Å². The van der Waals surface area contributed by atoms with Crippen molar-refractivity contribution in [2.24, 2.45) is 0 Å². The van der Waals surface area contributed by atoms with Crippen LogP contribution in [0, 0.1) is 6.92 Å². The summed E-state index contributed by atoms with van der Waals surface area (Å²) in [6, 6.07) is 35.5. The standard InChI is InChI=1S/C49H46B10N2O/c1-20-36(50)46(44(58)45(59)47(20)62)61-28-15-9-8-14-27(28)60-48(61)22-18-16-21(17-19-22)29-23-10-4-6-12-25(23)30(26-13-7-5-11-24(26)29)33-37(51)34-31(38(52)40(33)54)32-35(49(34,2)3)41(55)43(57)42(56)39(32)53/h4-19,62H,50-59H2,1-3H3. The lowest BCUT2D eigenvalue weighted by Gasteiger charge is -2.30. The van der Waals surface area contributed by atoms with Gasteiger partial charge in [0.05, 0.1) is 11.0 Å². The van der Waals surface area contributed by atoms with Crippen LogP contribution >= 0.6 is 0 Å². The predicted octanol–water partition coefficient (Wildman–Crippen LogP) is -4.76. The fourth-order valence-electron chi connectivity index (χ4n) is 11.7. The molecule has 1 heterocycles. The molecular formula is C49H46B10N2O. The monoisotopic (exact) mass is 788 g/mol. The number of aromatic hydroxyl groups is 1. The Morgan fingerprint density at radius 3 is 1.52 bits per heavy atom. The molecule has 0 bridgehead atoms. The molecule has 0 saturated carbocycles. The number of para-hydroxylation sites is 2. The Morgan fingerprint density at radius 2 is 0.919 bits per heavy atom. The summed E-state index contributed by atoms with van der Waals surface area (Å²) in [4.78, 5) is 5.26. The highest BCUT2D eigenvalue weighted by Gasteiger charge is 2.41. The number of phenols is 1. The largest absolute Gasteiger partial charge is 0.508 e. The number of imidazole rings is 1. The summed E-state index contributed by atoms with van der Waals surface area (Å²) in [7, 11) is 22.6. The van der Waals surface area contributed by atoms with Crippen molar-refractivity contribution in [2.45, 2.75) is 26.2 Å². The molecule has 0 aliphatic heterocycles. The first-order valence-corrected chi connectivity index (χ1v) is 22.1. The number of rotatable bonds is 4. The van der Waals surface area contributed by atoms with Crippen LogP contribution in [0.3, 0.4) is 0 Å². The molecule has 9 aromatic rings. The predicted molar refractivity (Wildman–Crippen MR) is 298 cm³/mol. The Bertz CT molecular complexity index is 3380. The van der Waals surface area contributed by atoms with Gasteiger partial charge in [-0.2, -0.15) is 0 Å². The number of fused-ring (bicyclic) bond motifs is 6. The summed E-state index contributed by atoms with van der Waals surface area (Å²) in [5.74, 6) is 1.25. The Morgan fingerprint density at radius 1 is 0.452 bits per heavy atom. The first-order valence-electron chi connectivity index (χ1n) is 22.1. The Balaban J connectivity index is 1.20. The lowest BCUT2D eigenvalue weighted by molar-refractivity contribution is 0.476. The van der Waals surface area contributed by atoms with E-state index in [0.29, 0.717) is 5.75 Å². The maximum Gasteiger partial charge on any atom is 0.145 e. The second kappa shape index (κ2) is 14.1. The van der Waals surface area contributed by atoms with Crippen LogP contribution in [0.1, 0.15) is 30.5 Å². The minimum atomic E-state index is -0.138. The van der Waals surface area contributed by atoms with Gasteiger partial charge < -0.3 is 5.11 Å². The third-order valence-corrected chi connectivity index (χ3v) is 15.4. The number of aromatic nitrogens is 2. The van der Waals surface area contributed by atoms with Crippen LogP contribution in [0.2, 0.25) is 0 Å². The van der Waals surface area contributed by atoms with Gasteiger partial charge in [-0.3, -0.25) is 4.57 Å². The zero-order valence-corrected chi connectivity index (χ0v) is 38.6. The van der Waals surface area contributed by atoms with Gasteiger partial charge in [0.2, 0.25) is 0 Å². The average molecular weight is 787 g/mol. The second-order valence-corrected chi connectivity index (χ2v) is 18.8. The second-order valence-electron chi connectivity index (χ2n) is 18.8. The highest BCUT2D eigenvalue weighted by Crippen LogP contribution is 2.48. The van der Waals surface area contributed by atoms with E-state index in [1.165, 1.54) is 104 Å². The molecule has 10 rings (SSSR count). The van der Waals surface area contributed by atoms with Gasteiger partial charge in [-0.1, -0.05) is 142 Å². The molecule has 8 aromatic carbocycles. The van der Waals surface area contributed by atoms with Crippen molar-refractivity contribution in [1.82, 2.24) is 9.55 Å². The van der Waals surface area contributed by atoms with Gasteiger partial charge in [0.25, 0.3) is 0 Å². The number of hydrogen-bond donors (Lipinski definition) is 1. The van der Waals surface area contributed by atoms with Crippen LogP contribution in [0.5, 0.6) is 5.75 Å². The molecule has 1 aromatic heterocycles. The van der Waals surface area contributed by atoms with E-state index in [9.17, 15) is 5.11 Å². The third-order valence-electron chi connectivity index (χ3n) is 15.4. The fraction of sp³-hybridized carbons (Fsp3) is 0.0816. The SMILES string of the molecule is Bc1c(B)c(B)c2c(c1B)-c1c(B)c(B)c(-c3c4ccccc4c(-c4ccc(-c5nc6ccccc6n5-c5c(B)c(B)c(O)c(C)c5B)cc4)c4ccccc34)c(B)c1C2(C)C. The van der Waals surface area contributed by atoms with E-state index in [-0.39, 0.29) is 5.41 Å². The summed E-state index contributed by atoms with van der Waals surface area (Å²) in [5, 5.41) is 16.0. The van der Waals surface area contributed by atoms with Crippen LogP contribution in [0.25, 0.3) is 83.0 Å². The van der Waals surface area contributed by atoms with Crippen molar-refractivity contribution >= 4 is 166 Å². The van der Waals surface area contributed by atoms with Crippen LogP contribution in [0.4, 0.5) is 0 Å². The Kier molecular flexibility index (Phi) is 9.17. The van der Waals surface area contributed by atoms with E-state index in [0.717, 1.165) is 50.1 Å². The van der Waals surface area contributed by atoms with E-state index >= 15 is 0 Å². The molecule has 0 atom stereocenters. The zero-order valence-electron chi connectivity index (χ0n) is 38.6. The average Bonchev–Trinajstić information content (AvgIpc) is 3.77. The van der Waals surface area contributed by atoms with Gasteiger partial charge in [-0.15, -0.1) is 10.9 Å². The van der Waals surface area contributed by atoms with E-state index in [2.05, 4.69) is 186 Å². The van der Waals surface area contributed by atoms with Crippen LogP contribution in [-0.2, 0) is 5.41 Å². The summed E-state index contributed by atoms with van der Waals surface area (Å²) in [6.45, 7) is 6.92. The molecule has 13 heteroatoms. The minimum absolute atomic E-state index is 0.138. The molecule has 0 fully saturated rings. The number of phenolic OH excluding ortho intramolecular Hbond substituents is 1. The molecule has 0 radical (unpaired) electrons. The van der Waals surface area contributed by atoms with Gasteiger partial charge in [-0.25, -0.2) is 4.98 Å². The van der Waals surface area contributed by atoms with E-state index in [1.54, 1.807) is 0 Å². The quantitative estimate of drug-likeness (QED) is 0.144. The molecule has 1 aliphatic carbocycles. The molecular weight excluding hydrogens is 741 g/mol. The third kappa shape index (κ3) is 5.36. The molecule has 3 nitrogen and oxygen atoms in total. The number of nitrogens with zero attached hydrogens (tertiary/aromatic N) is 2. The smallest absolute Gasteiger partial charge is 0.145 e. The topological polar surface area (TPSA) is 38.0 Å². The minimum Gasteiger partial charge on any atom is -0.508 e. The lowest BCUT2D eigenvalue weighted by Crippen LogP contribution is -2.51. The molecule has 62 heavy (non-hydrogen) atoms. The van der Waals surface area contributed by atoms with Gasteiger partial charge in [0.1, 0.15) is 90.0 Å². The lowest BCUT2D eigenvalue weighted by atomic mass is 9.61. The van der Waals surface area contributed by atoms with Crippen molar-refractivity contribution in [2.75, 3.05) is 0 Å². The van der Waals surface area contributed by atoms with Crippen LogP contribution < -0.4 is 54.6 Å². The highest BCUT2D eigenvalue weighted by molar-refractivity contribution is 6.66. The van der Waals surface area contributed by atoms with Crippen molar-refractivity contribution in [3.05, 3.63) is 114 Å². The normalized spacial score (nSPS) is 13.0. The van der Waals surface area contributed by atoms with E-state index < -0.39 is 0 Å². The molecule has 1 aliphatic rings. The maximum absolute atomic E-state index is 11.0. The summed E-state index contributed by atoms with van der Waals surface area (Å²) >= 11 is 0. The van der Waals surface area contributed by atoms with Crippen molar-refractivity contribution in [3.8, 4) is 56.2 Å². The van der Waals surface area contributed by atoms with Crippen LogP contribution in [-0.4, -0.2) is 93.1 Å². The first kappa shape index (κ1) is 40.3. The number of hydrogen-bond acceptors (Lipinski definition) is 2. The zero-order chi connectivity index (χ0) is 43.8. The van der Waals surface area contributed by atoms with Gasteiger partial charge in [0, 0.05) is 16.7 Å². The van der Waals surface area contributed by atoms with Gasteiger partial charge in [0.15, 0.2) is 0 Å². The highest BCUT2D eigenvalue weighted by atomic mass is 16.3. The molecule has 288 valence electrons. The van der Waals surface area contributed by atoms with E-state index in [4.69, 9.17) is 4.98 Å². The van der Waals surface area contributed by atoms with Crippen molar-refractivity contribution < 1.29 is 5.11 Å².